The second kappa shape index (κ2) is 7.28. The number of rotatable bonds is 3. The van der Waals surface area contributed by atoms with Gasteiger partial charge in [0.2, 0.25) is 0 Å². The molecule has 3 N–H and O–H groups in total. The summed E-state index contributed by atoms with van der Waals surface area (Å²) in [6.07, 6.45) is 7.20. The van der Waals surface area contributed by atoms with Gasteiger partial charge in [0.25, 0.3) is 0 Å². The number of nitrogens with zero attached hydrogens (tertiary/aromatic N) is 3. The highest BCUT2D eigenvalue weighted by molar-refractivity contribution is 14.0. The molecule has 0 radical (unpaired) electrons. The van der Waals surface area contributed by atoms with Crippen LogP contribution in [0.3, 0.4) is 0 Å². The van der Waals surface area contributed by atoms with Crippen molar-refractivity contribution in [2.45, 2.75) is 64.6 Å². The maximum absolute atomic E-state index is 5.84. The molecule has 0 amide bonds. The molecule has 1 saturated carbocycles. The van der Waals surface area contributed by atoms with E-state index in [2.05, 4.69) is 47.1 Å². The highest BCUT2D eigenvalue weighted by atomic mass is 127. The van der Waals surface area contributed by atoms with E-state index >= 15 is 0 Å². The highest BCUT2D eigenvalue weighted by Gasteiger charge is 2.17. The summed E-state index contributed by atoms with van der Waals surface area (Å²) >= 11 is 0. The first-order chi connectivity index (χ1) is 8.94. The number of nitrogens with two attached hydrogens (primary N) is 1. The molecule has 1 aromatic rings. The first-order valence-electron chi connectivity index (χ1n) is 7.06. The first-order valence-corrected chi connectivity index (χ1v) is 7.06. The van der Waals surface area contributed by atoms with Crippen molar-refractivity contribution in [2.75, 3.05) is 0 Å². The summed E-state index contributed by atoms with van der Waals surface area (Å²) < 4.78 is 2.09. The fourth-order valence-electron chi connectivity index (χ4n) is 2.42. The molecule has 5 nitrogen and oxygen atoms in total. The lowest BCUT2D eigenvalue weighted by molar-refractivity contribution is 0.463. The molecule has 0 aliphatic heterocycles. The monoisotopic (exact) mass is 391 g/mol. The van der Waals surface area contributed by atoms with Gasteiger partial charge in [0.1, 0.15) is 0 Å². The molecule has 0 aromatic carbocycles. The van der Waals surface area contributed by atoms with Gasteiger partial charge in [0.05, 0.1) is 18.3 Å². The van der Waals surface area contributed by atoms with Crippen molar-refractivity contribution in [1.29, 1.82) is 0 Å². The van der Waals surface area contributed by atoms with Crippen LogP contribution in [0.25, 0.3) is 0 Å². The normalized spacial score (nSPS) is 17.1. The largest absolute Gasteiger partial charge is 0.370 e. The Kier molecular flexibility index (Phi) is 6.29. The van der Waals surface area contributed by atoms with Gasteiger partial charge in [0, 0.05) is 11.7 Å². The van der Waals surface area contributed by atoms with Crippen LogP contribution < -0.4 is 11.1 Å². The van der Waals surface area contributed by atoms with E-state index in [1.54, 1.807) is 0 Å². The maximum Gasteiger partial charge on any atom is 0.189 e. The molecule has 2 rings (SSSR count). The summed E-state index contributed by atoms with van der Waals surface area (Å²) in [5.74, 6) is 0.475. The molecule has 20 heavy (non-hydrogen) atoms. The van der Waals surface area contributed by atoms with E-state index in [0.29, 0.717) is 18.5 Å². The lowest BCUT2D eigenvalue weighted by atomic mass is 10.1. The number of halogens is 1. The van der Waals surface area contributed by atoms with Gasteiger partial charge < -0.3 is 11.1 Å². The Balaban J connectivity index is 0.00000200. The molecular weight excluding hydrogens is 365 g/mol. The van der Waals surface area contributed by atoms with E-state index in [-0.39, 0.29) is 29.5 Å². The number of hydrogen-bond donors (Lipinski definition) is 2. The predicted molar refractivity (Wildman–Crippen MR) is 93.4 cm³/mol. The fraction of sp³-hybridized carbons (Fsp3) is 0.714. The minimum absolute atomic E-state index is 0. The van der Waals surface area contributed by atoms with Crippen LogP contribution in [0.5, 0.6) is 0 Å². The maximum atomic E-state index is 5.84. The molecule has 0 saturated heterocycles. The van der Waals surface area contributed by atoms with Gasteiger partial charge in [-0.25, -0.2) is 4.99 Å². The van der Waals surface area contributed by atoms with E-state index in [1.165, 1.54) is 25.7 Å². The molecule has 0 bridgehead atoms. The summed E-state index contributed by atoms with van der Waals surface area (Å²) in [5, 5.41) is 7.73. The highest BCUT2D eigenvalue weighted by Crippen LogP contribution is 2.28. The van der Waals surface area contributed by atoms with E-state index in [4.69, 9.17) is 5.73 Å². The van der Waals surface area contributed by atoms with Crippen LogP contribution in [0.4, 0.5) is 0 Å². The van der Waals surface area contributed by atoms with Gasteiger partial charge in [-0.3, -0.25) is 4.68 Å². The van der Waals surface area contributed by atoms with Crippen LogP contribution in [0.15, 0.2) is 17.3 Å². The van der Waals surface area contributed by atoms with Crippen molar-refractivity contribution in [3.8, 4) is 0 Å². The van der Waals surface area contributed by atoms with Gasteiger partial charge in [-0.2, -0.15) is 5.10 Å². The van der Waals surface area contributed by atoms with E-state index in [1.807, 2.05) is 6.07 Å². The Hall–Kier alpha value is -0.790. The molecule has 1 aliphatic rings. The Labute approximate surface area is 138 Å². The minimum Gasteiger partial charge on any atom is -0.370 e. The first kappa shape index (κ1) is 17.3. The molecule has 1 fully saturated rings. The average molecular weight is 391 g/mol. The van der Waals surface area contributed by atoms with Crippen molar-refractivity contribution in [2.24, 2.45) is 10.7 Å². The van der Waals surface area contributed by atoms with Gasteiger partial charge in [0.15, 0.2) is 5.96 Å². The van der Waals surface area contributed by atoms with Gasteiger partial charge in [-0.05, 0) is 39.7 Å². The van der Waals surface area contributed by atoms with E-state index < -0.39 is 0 Å². The zero-order valence-corrected chi connectivity index (χ0v) is 14.9. The predicted octanol–water partition coefficient (Wildman–Crippen LogP) is 2.82. The molecule has 6 heteroatoms. The molecular formula is C14H26IN5. The summed E-state index contributed by atoms with van der Waals surface area (Å²) in [5.41, 5.74) is 6.76. The standard InChI is InChI=1S/C14H25N5.HI/c1-14(2,3)17-13(15)16-10-11-8-9-19(18-11)12-6-4-5-7-12;/h8-9,12H,4-7,10H2,1-3H3,(H3,15,16,17);1H. The van der Waals surface area contributed by atoms with Gasteiger partial charge in [-0.1, -0.05) is 12.8 Å². The third-order valence-corrected chi connectivity index (χ3v) is 3.28. The van der Waals surface area contributed by atoms with Crippen LogP contribution in [0.1, 0.15) is 58.2 Å². The summed E-state index contributed by atoms with van der Waals surface area (Å²) in [6, 6.07) is 2.62. The lowest BCUT2D eigenvalue weighted by Crippen LogP contribution is -2.44. The fourth-order valence-corrected chi connectivity index (χ4v) is 2.42. The summed E-state index contributed by atoms with van der Waals surface area (Å²) in [6.45, 7) is 6.72. The molecule has 0 spiro atoms. The van der Waals surface area contributed by atoms with Crippen molar-refractivity contribution in [3.63, 3.8) is 0 Å². The third-order valence-electron chi connectivity index (χ3n) is 3.28. The number of nitrogens with one attached hydrogen (secondary N) is 1. The van der Waals surface area contributed by atoms with Crippen LogP contribution in [0, 0.1) is 0 Å². The van der Waals surface area contributed by atoms with Crippen molar-refractivity contribution in [1.82, 2.24) is 15.1 Å². The Morgan fingerprint density at radius 3 is 2.70 bits per heavy atom. The molecule has 1 aliphatic carbocycles. The van der Waals surface area contributed by atoms with Crippen LogP contribution in [0.2, 0.25) is 0 Å². The smallest absolute Gasteiger partial charge is 0.189 e. The molecule has 1 heterocycles. The average Bonchev–Trinajstić information content (AvgIpc) is 2.95. The number of aliphatic imine (C=N–C) groups is 1. The van der Waals surface area contributed by atoms with Crippen molar-refractivity contribution >= 4 is 29.9 Å². The van der Waals surface area contributed by atoms with Crippen LogP contribution >= 0.6 is 24.0 Å². The SMILES string of the molecule is CC(C)(C)NC(N)=NCc1ccn(C2CCCC2)n1.I. The molecule has 1 aromatic heterocycles. The Morgan fingerprint density at radius 2 is 2.10 bits per heavy atom. The number of aromatic nitrogens is 2. The second-order valence-electron chi connectivity index (χ2n) is 6.30. The Bertz CT molecular complexity index is 441. The lowest BCUT2D eigenvalue weighted by Gasteiger charge is -2.20. The quantitative estimate of drug-likeness (QED) is 0.473. The van der Waals surface area contributed by atoms with Crippen molar-refractivity contribution in [3.05, 3.63) is 18.0 Å². The third kappa shape index (κ3) is 5.30. The zero-order chi connectivity index (χ0) is 13.9. The topological polar surface area (TPSA) is 68.2 Å². The minimum atomic E-state index is -0.0587. The Morgan fingerprint density at radius 1 is 1.45 bits per heavy atom. The van der Waals surface area contributed by atoms with Crippen LogP contribution in [-0.4, -0.2) is 21.3 Å². The summed E-state index contributed by atoms with van der Waals surface area (Å²) in [7, 11) is 0. The second-order valence-corrected chi connectivity index (χ2v) is 6.30. The molecule has 0 atom stereocenters. The van der Waals surface area contributed by atoms with E-state index in [9.17, 15) is 0 Å². The van der Waals surface area contributed by atoms with E-state index in [0.717, 1.165) is 5.69 Å². The number of hydrogen-bond acceptors (Lipinski definition) is 2. The molecule has 0 unspecified atom stereocenters. The van der Waals surface area contributed by atoms with Crippen molar-refractivity contribution < 1.29 is 0 Å². The summed E-state index contributed by atoms with van der Waals surface area (Å²) in [4.78, 5) is 4.33. The number of guanidine groups is 1. The molecule has 114 valence electrons. The van der Waals surface area contributed by atoms with Crippen LogP contribution in [-0.2, 0) is 6.54 Å². The van der Waals surface area contributed by atoms with Gasteiger partial charge in [-0.15, -0.1) is 24.0 Å². The van der Waals surface area contributed by atoms with Gasteiger partial charge >= 0.3 is 0 Å². The zero-order valence-electron chi connectivity index (χ0n) is 12.6.